The first-order chi connectivity index (χ1) is 9.52. The van der Waals surface area contributed by atoms with Crippen molar-refractivity contribution >= 4 is 27.4 Å². The lowest BCUT2D eigenvalue weighted by molar-refractivity contribution is -0.385. The summed E-state index contributed by atoms with van der Waals surface area (Å²) in [5, 5.41) is 15.0. The molecule has 0 N–H and O–H groups in total. The van der Waals surface area contributed by atoms with E-state index in [1.807, 2.05) is 0 Å². The topological polar surface area (TPSA) is 78.0 Å². The van der Waals surface area contributed by atoms with Gasteiger partial charge >= 0.3 is 0 Å². The van der Waals surface area contributed by atoms with Crippen LogP contribution in [0.25, 0.3) is 0 Å². The average Bonchev–Trinajstić information content (AvgIpc) is 2.88. The minimum atomic E-state index is -0.442. The second kappa shape index (κ2) is 5.96. The number of Topliss-reactive ketones (excluding diaryl/α,β-unsaturated/α-hetero) is 1. The first-order valence-corrected chi connectivity index (χ1v) is 6.79. The number of nitro groups is 1. The number of carbonyl (C=O) groups excluding carboxylic acids is 1. The Morgan fingerprint density at radius 2 is 2.25 bits per heavy atom. The summed E-state index contributed by atoms with van der Waals surface area (Å²) >= 11 is 3.24. The van der Waals surface area contributed by atoms with E-state index in [0.717, 1.165) is 5.56 Å². The molecule has 0 saturated carbocycles. The summed E-state index contributed by atoms with van der Waals surface area (Å²) in [6.07, 6.45) is 3.58. The zero-order valence-corrected chi connectivity index (χ0v) is 12.3. The van der Waals surface area contributed by atoms with Crippen LogP contribution in [0.4, 0.5) is 5.69 Å². The van der Waals surface area contributed by atoms with Crippen molar-refractivity contribution < 1.29 is 9.72 Å². The number of halogens is 1. The van der Waals surface area contributed by atoms with Crippen LogP contribution in [0.5, 0.6) is 0 Å². The summed E-state index contributed by atoms with van der Waals surface area (Å²) in [4.78, 5) is 22.0. The van der Waals surface area contributed by atoms with Gasteiger partial charge in [0.2, 0.25) is 0 Å². The molecule has 6 nitrogen and oxygen atoms in total. The first kappa shape index (κ1) is 14.4. The molecule has 1 aromatic heterocycles. The van der Waals surface area contributed by atoms with Crippen LogP contribution in [0, 0.1) is 10.1 Å². The Bertz CT molecular complexity index is 667. The van der Waals surface area contributed by atoms with E-state index in [4.69, 9.17) is 0 Å². The number of hydrogen-bond donors (Lipinski definition) is 0. The van der Waals surface area contributed by atoms with Gasteiger partial charge in [-0.3, -0.25) is 19.6 Å². The summed E-state index contributed by atoms with van der Waals surface area (Å²) < 4.78 is 2.02. The number of nitrogens with zero attached hydrogens (tertiary/aromatic N) is 3. The maximum atomic E-state index is 11.5. The normalized spacial score (nSPS) is 10.5. The van der Waals surface area contributed by atoms with Gasteiger partial charge in [0.25, 0.3) is 5.69 Å². The van der Waals surface area contributed by atoms with Gasteiger partial charge in [0.15, 0.2) is 5.78 Å². The molecular weight excluding hydrogens is 326 g/mol. The van der Waals surface area contributed by atoms with Crippen LogP contribution in [0.3, 0.4) is 0 Å². The zero-order valence-electron chi connectivity index (χ0n) is 10.7. The highest BCUT2D eigenvalue weighted by Crippen LogP contribution is 2.28. The molecule has 0 aliphatic rings. The lowest BCUT2D eigenvalue weighted by atomic mass is 10.2. The molecule has 1 aromatic carbocycles. The van der Waals surface area contributed by atoms with Crippen molar-refractivity contribution in [3.63, 3.8) is 0 Å². The Morgan fingerprint density at radius 1 is 1.50 bits per heavy atom. The first-order valence-electron chi connectivity index (χ1n) is 6.00. The minimum Gasteiger partial charge on any atom is -0.294 e. The van der Waals surface area contributed by atoms with Crippen LogP contribution in [0.1, 0.15) is 29.3 Å². The Labute approximate surface area is 123 Å². The molecule has 0 unspecified atom stereocenters. The second-order valence-corrected chi connectivity index (χ2v) is 5.00. The summed E-state index contributed by atoms with van der Waals surface area (Å²) in [6, 6.07) is 4.84. The monoisotopic (exact) mass is 337 g/mol. The SMILES string of the molecule is CCC(=O)c1cnn(Cc2cccc([N+](=O)[O-])c2Br)c1. The van der Waals surface area contributed by atoms with Crippen LogP contribution < -0.4 is 0 Å². The van der Waals surface area contributed by atoms with Crippen LogP contribution >= 0.6 is 15.9 Å². The fraction of sp³-hybridized carbons (Fsp3) is 0.231. The molecule has 104 valence electrons. The van der Waals surface area contributed by atoms with Crippen LogP contribution in [0.15, 0.2) is 35.1 Å². The largest absolute Gasteiger partial charge is 0.294 e. The predicted octanol–water partition coefficient (Wildman–Crippen LogP) is 3.19. The van der Waals surface area contributed by atoms with E-state index in [9.17, 15) is 14.9 Å². The van der Waals surface area contributed by atoms with Crippen molar-refractivity contribution in [1.29, 1.82) is 0 Å². The van der Waals surface area contributed by atoms with Crippen molar-refractivity contribution in [3.8, 4) is 0 Å². The Kier molecular flexibility index (Phi) is 4.29. The van der Waals surface area contributed by atoms with Crippen molar-refractivity contribution in [2.24, 2.45) is 0 Å². The van der Waals surface area contributed by atoms with Gasteiger partial charge in [-0.15, -0.1) is 0 Å². The standard InChI is InChI=1S/C13H12BrN3O3/c1-2-12(18)10-6-15-16(8-10)7-9-4-3-5-11(13(9)14)17(19)20/h3-6,8H,2,7H2,1H3. The van der Waals surface area contributed by atoms with Gasteiger partial charge in [-0.05, 0) is 21.5 Å². The number of ketones is 1. The van der Waals surface area contributed by atoms with Gasteiger partial charge in [0, 0.05) is 18.7 Å². The van der Waals surface area contributed by atoms with Gasteiger partial charge in [-0.1, -0.05) is 19.1 Å². The molecule has 0 saturated heterocycles. The Morgan fingerprint density at radius 3 is 2.90 bits per heavy atom. The van der Waals surface area contributed by atoms with E-state index in [0.29, 0.717) is 23.0 Å². The lowest BCUT2D eigenvalue weighted by Gasteiger charge is -2.05. The third-order valence-electron chi connectivity index (χ3n) is 2.86. The quantitative estimate of drug-likeness (QED) is 0.476. The number of nitro benzene ring substituents is 1. The van der Waals surface area contributed by atoms with Gasteiger partial charge in [0.1, 0.15) is 4.47 Å². The molecule has 0 aliphatic carbocycles. The lowest BCUT2D eigenvalue weighted by Crippen LogP contribution is -2.02. The predicted molar refractivity (Wildman–Crippen MR) is 76.7 cm³/mol. The third-order valence-corrected chi connectivity index (χ3v) is 3.78. The molecule has 0 fully saturated rings. The highest BCUT2D eigenvalue weighted by atomic mass is 79.9. The van der Waals surface area contributed by atoms with Crippen molar-refractivity contribution in [3.05, 3.63) is 56.3 Å². The van der Waals surface area contributed by atoms with Gasteiger partial charge in [0.05, 0.1) is 23.2 Å². The van der Waals surface area contributed by atoms with Crippen LogP contribution in [-0.2, 0) is 6.54 Å². The van der Waals surface area contributed by atoms with Crippen molar-refractivity contribution in [2.75, 3.05) is 0 Å². The second-order valence-electron chi connectivity index (χ2n) is 4.21. The number of benzene rings is 1. The van der Waals surface area contributed by atoms with E-state index >= 15 is 0 Å². The van der Waals surface area contributed by atoms with Gasteiger partial charge < -0.3 is 0 Å². The number of rotatable bonds is 5. The van der Waals surface area contributed by atoms with E-state index in [1.54, 1.807) is 29.9 Å². The molecule has 20 heavy (non-hydrogen) atoms. The number of hydrogen-bond acceptors (Lipinski definition) is 4. The molecular formula is C13H12BrN3O3. The maximum Gasteiger partial charge on any atom is 0.283 e. The minimum absolute atomic E-state index is 0.0134. The number of carbonyl (C=O) groups is 1. The van der Waals surface area contributed by atoms with E-state index in [-0.39, 0.29) is 11.5 Å². The van der Waals surface area contributed by atoms with Crippen molar-refractivity contribution in [2.45, 2.75) is 19.9 Å². The molecule has 2 aromatic rings. The zero-order chi connectivity index (χ0) is 14.7. The fourth-order valence-corrected chi connectivity index (χ4v) is 2.34. The molecule has 0 amide bonds. The molecule has 0 spiro atoms. The molecule has 0 bridgehead atoms. The summed E-state index contributed by atoms with van der Waals surface area (Å²) in [6.45, 7) is 2.15. The van der Waals surface area contributed by atoms with Crippen LogP contribution in [-0.4, -0.2) is 20.5 Å². The number of aromatic nitrogens is 2. The Hall–Kier alpha value is -2.02. The van der Waals surface area contributed by atoms with Gasteiger partial charge in [-0.25, -0.2) is 0 Å². The maximum absolute atomic E-state index is 11.5. The highest BCUT2D eigenvalue weighted by molar-refractivity contribution is 9.10. The highest BCUT2D eigenvalue weighted by Gasteiger charge is 2.15. The molecule has 2 rings (SSSR count). The summed E-state index contributed by atoms with van der Waals surface area (Å²) in [5.74, 6) is 0.0226. The summed E-state index contributed by atoms with van der Waals surface area (Å²) in [5.41, 5.74) is 1.30. The van der Waals surface area contributed by atoms with Gasteiger partial charge in [-0.2, -0.15) is 5.10 Å². The van der Waals surface area contributed by atoms with E-state index in [1.165, 1.54) is 12.3 Å². The van der Waals surface area contributed by atoms with Crippen LogP contribution in [0.2, 0.25) is 0 Å². The third kappa shape index (κ3) is 2.93. The molecule has 0 atom stereocenters. The molecule has 0 aliphatic heterocycles. The summed E-state index contributed by atoms with van der Waals surface area (Å²) in [7, 11) is 0. The fourth-order valence-electron chi connectivity index (χ4n) is 1.80. The van der Waals surface area contributed by atoms with Crippen molar-refractivity contribution in [1.82, 2.24) is 9.78 Å². The molecule has 0 radical (unpaired) electrons. The van der Waals surface area contributed by atoms with E-state index in [2.05, 4.69) is 21.0 Å². The smallest absolute Gasteiger partial charge is 0.283 e. The Balaban J connectivity index is 2.26. The van der Waals surface area contributed by atoms with E-state index < -0.39 is 4.92 Å². The molecule has 7 heteroatoms. The molecule has 1 heterocycles. The average molecular weight is 338 g/mol.